The van der Waals surface area contributed by atoms with E-state index in [1.54, 1.807) is 30.5 Å². The average Bonchev–Trinajstić information content (AvgIpc) is 3.15. The van der Waals surface area contributed by atoms with E-state index in [0.717, 1.165) is 11.1 Å². The van der Waals surface area contributed by atoms with Crippen LogP contribution in [0.15, 0.2) is 65.8 Å². The number of Topliss-reactive ketones (excluding diaryl/α,β-unsaturated/α-hetero) is 1. The summed E-state index contributed by atoms with van der Waals surface area (Å²) in [5.41, 5.74) is 1.84. The molecular formula is C28H25F4N3O. The number of alkyl halides is 3. The van der Waals surface area contributed by atoms with Crippen molar-refractivity contribution in [2.24, 2.45) is 10.9 Å². The maximum Gasteiger partial charge on any atom is 0.433 e. The molecule has 2 aliphatic rings. The maximum absolute atomic E-state index is 13.7. The van der Waals surface area contributed by atoms with Gasteiger partial charge in [-0.05, 0) is 73.7 Å². The van der Waals surface area contributed by atoms with Crippen LogP contribution in [0, 0.1) is 11.7 Å². The number of nitrogens with zero attached hydrogens (tertiary/aromatic N) is 3. The number of aliphatic imine (C=N–C) groups is 1. The highest BCUT2D eigenvalue weighted by atomic mass is 19.4. The maximum atomic E-state index is 13.7. The van der Waals surface area contributed by atoms with Gasteiger partial charge in [-0.1, -0.05) is 12.1 Å². The Morgan fingerprint density at radius 2 is 1.75 bits per heavy atom. The third kappa shape index (κ3) is 4.90. The van der Waals surface area contributed by atoms with Gasteiger partial charge in [0.25, 0.3) is 0 Å². The van der Waals surface area contributed by atoms with Crippen LogP contribution in [0.3, 0.4) is 0 Å². The summed E-state index contributed by atoms with van der Waals surface area (Å²) in [6.07, 6.45) is 1.18. The predicted octanol–water partition coefficient (Wildman–Crippen LogP) is 6.65. The summed E-state index contributed by atoms with van der Waals surface area (Å²) < 4.78 is 54.5. The number of anilines is 1. The van der Waals surface area contributed by atoms with Crippen molar-refractivity contribution in [1.29, 1.82) is 0 Å². The largest absolute Gasteiger partial charge is 0.433 e. The zero-order valence-electron chi connectivity index (χ0n) is 19.6. The first kappa shape index (κ1) is 24.2. The number of hydrogen-bond donors (Lipinski definition) is 0. The molecule has 0 saturated carbocycles. The van der Waals surface area contributed by atoms with Crippen LogP contribution in [0.5, 0.6) is 0 Å². The number of allylic oxidation sites excluding steroid dienone is 2. The van der Waals surface area contributed by atoms with Crippen LogP contribution in [0.2, 0.25) is 0 Å². The molecule has 2 aliphatic heterocycles. The monoisotopic (exact) mass is 495 g/mol. The minimum absolute atomic E-state index is 0.00999. The number of halogens is 4. The third-order valence-electron chi connectivity index (χ3n) is 6.87. The van der Waals surface area contributed by atoms with Crippen LogP contribution in [-0.2, 0) is 0 Å². The van der Waals surface area contributed by atoms with E-state index in [9.17, 15) is 22.4 Å². The number of fused-ring (bicyclic) bond motifs is 1. The highest BCUT2D eigenvalue weighted by Crippen LogP contribution is 2.35. The Balaban J connectivity index is 1.41. The fraction of sp³-hybridized carbons (Fsp3) is 0.321. The normalized spacial score (nSPS) is 17.5. The van der Waals surface area contributed by atoms with Gasteiger partial charge in [-0.15, -0.1) is 0 Å². The highest BCUT2D eigenvalue weighted by Gasteiger charge is 2.38. The topological polar surface area (TPSA) is 45.6 Å². The third-order valence-corrected chi connectivity index (χ3v) is 6.87. The Morgan fingerprint density at radius 1 is 1.00 bits per heavy atom. The van der Waals surface area contributed by atoms with Gasteiger partial charge < -0.3 is 4.90 Å². The van der Waals surface area contributed by atoms with Crippen molar-refractivity contribution in [2.75, 3.05) is 24.5 Å². The second-order valence-electron chi connectivity index (χ2n) is 9.18. The van der Waals surface area contributed by atoms with Crippen molar-refractivity contribution in [3.8, 4) is 0 Å². The number of carbonyl (C=O) groups excluding carboxylic acids is 1. The van der Waals surface area contributed by atoms with Crippen molar-refractivity contribution in [1.82, 2.24) is 4.98 Å². The molecule has 186 valence electrons. The molecule has 0 N–H and O–H groups in total. The molecule has 1 aromatic heterocycles. The molecule has 2 aromatic carbocycles. The highest BCUT2D eigenvalue weighted by molar-refractivity contribution is 6.27. The summed E-state index contributed by atoms with van der Waals surface area (Å²) in [7, 11) is 0. The molecular weight excluding hydrogens is 470 g/mol. The van der Waals surface area contributed by atoms with E-state index in [-0.39, 0.29) is 29.6 Å². The smallest absolute Gasteiger partial charge is 0.371 e. The van der Waals surface area contributed by atoms with Gasteiger partial charge in [0.05, 0.1) is 5.52 Å². The minimum atomic E-state index is -4.53. The summed E-state index contributed by atoms with van der Waals surface area (Å²) in [5, 5.41) is 0.769. The minimum Gasteiger partial charge on any atom is -0.371 e. The number of pyridine rings is 1. The first-order chi connectivity index (χ1) is 17.3. The first-order valence-corrected chi connectivity index (χ1v) is 12.1. The Bertz CT molecular complexity index is 1340. The van der Waals surface area contributed by atoms with E-state index in [2.05, 4.69) is 14.9 Å². The molecule has 0 atom stereocenters. The fourth-order valence-electron chi connectivity index (χ4n) is 5.01. The van der Waals surface area contributed by atoms with Gasteiger partial charge in [-0.25, -0.2) is 4.39 Å². The standard InChI is InChI=1S/C28H25F4N3O/c29-21-7-4-18(5-8-21)26(36)19-11-15-35(16-12-19)25-10-14-33-24-9-6-20(17-23(24)25)22-3-1-2-13-34-27(22)28(30,31)32/h3-10,14,17,19H,1-2,11-13,15-16H2. The van der Waals surface area contributed by atoms with Crippen molar-refractivity contribution in [3.63, 3.8) is 0 Å². The lowest BCUT2D eigenvalue weighted by molar-refractivity contribution is -0.0573. The summed E-state index contributed by atoms with van der Waals surface area (Å²) >= 11 is 0. The zero-order valence-corrected chi connectivity index (χ0v) is 19.6. The van der Waals surface area contributed by atoms with Gasteiger partial charge in [0.15, 0.2) is 5.78 Å². The number of carbonyl (C=O) groups is 1. The molecule has 36 heavy (non-hydrogen) atoms. The first-order valence-electron chi connectivity index (χ1n) is 12.1. The lowest BCUT2D eigenvalue weighted by atomic mass is 9.88. The van der Waals surface area contributed by atoms with Crippen LogP contribution < -0.4 is 4.90 Å². The Kier molecular flexibility index (Phi) is 6.60. The van der Waals surface area contributed by atoms with Gasteiger partial charge >= 0.3 is 6.18 Å². The van der Waals surface area contributed by atoms with Gasteiger partial charge in [-0.3, -0.25) is 14.8 Å². The molecule has 0 unspecified atom stereocenters. The summed E-state index contributed by atoms with van der Waals surface area (Å²) in [6.45, 7) is 1.40. The molecule has 3 aromatic rings. The molecule has 1 saturated heterocycles. The quantitative estimate of drug-likeness (QED) is 0.301. The van der Waals surface area contributed by atoms with Gasteiger partial charge in [0.2, 0.25) is 0 Å². The molecule has 0 spiro atoms. The fourth-order valence-corrected chi connectivity index (χ4v) is 5.01. The van der Waals surface area contributed by atoms with Crippen LogP contribution >= 0.6 is 0 Å². The van der Waals surface area contributed by atoms with Crippen LogP contribution in [-0.4, -0.2) is 42.3 Å². The molecule has 0 bridgehead atoms. The van der Waals surface area contributed by atoms with Crippen molar-refractivity contribution in [3.05, 3.63) is 77.7 Å². The second-order valence-corrected chi connectivity index (χ2v) is 9.18. The second kappa shape index (κ2) is 9.84. The molecule has 8 heteroatoms. The molecule has 0 radical (unpaired) electrons. The predicted molar refractivity (Wildman–Crippen MR) is 133 cm³/mol. The molecule has 0 amide bonds. The Hall–Kier alpha value is -3.55. The van der Waals surface area contributed by atoms with Crippen LogP contribution in [0.4, 0.5) is 23.2 Å². The number of piperidine rings is 1. The van der Waals surface area contributed by atoms with Crippen LogP contribution in [0.25, 0.3) is 16.5 Å². The van der Waals surface area contributed by atoms with E-state index in [4.69, 9.17) is 0 Å². The SMILES string of the molecule is O=C(c1ccc(F)cc1)C1CCN(c2ccnc3ccc(C4=CCCCN=C4C(F)(F)F)cc23)CC1. The van der Waals surface area contributed by atoms with E-state index >= 15 is 0 Å². The van der Waals surface area contributed by atoms with Gasteiger partial charge in [-0.2, -0.15) is 13.2 Å². The van der Waals surface area contributed by atoms with Crippen LogP contribution in [0.1, 0.15) is 41.6 Å². The Labute approximate surface area is 206 Å². The van der Waals surface area contributed by atoms with Crippen molar-refractivity contribution < 1.29 is 22.4 Å². The number of rotatable bonds is 4. The van der Waals surface area contributed by atoms with E-state index in [1.165, 1.54) is 24.3 Å². The number of ketones is 1. The van der Waals surface area contributed by atoms with E-state index in [0.29, 0.717) is 55.4 Å². The Morgan fingerprint density at radius 3 is 2.47 bits per heavy atom. The van der Waals surface area contributed by atoms with Crippen molar-refractivity contribution in [2.45, 2.75) is 31.9 Å². The molecule has 0 aliphatic carbocycles. The molecule has 5 rings (SSSR count). The van der Waals surface area contributed by atoms with E-state index < -0.39 is 11.9 Å². The number of benzene rings is 2. The summed E-state index contributed by atoms with van der Waals surface area (Å²) in [5.74, 6) is -0.522. The number of aromatic nitrogens is 1. The summed E-state index contributed by atoms with van der Waals surface area (Å²) in [6, 6.07) is 12.7. The lowest BCUT2D eigenvalue weighted by Crippen LogP contribution is -2.36. The van der Waals surface area contributed by atoms with E-state index in [1.807, 2.05) is 6.07 Å². The lowest BCUT2D eigenvalue weighted by Gasteiger charge is -2.33. The molecule has 1 fully saturated rings. The zero-order chi connectivity index (χ0) is 25.3. The molecule has 3 heterocycles. The van der Waals surface area contributed by atoms with Crippen molar-refractivity contribution >= 4 is 33.7 Å². The average molecular weight is 496 g/mol. The molecule has 4 nitrogen and oxygen atoms in total. The number of hydrogen-bond acceptors (Lipinski definition) is 4. The van der Waals surface area contributed by atoms with Gasteiger partial charge in [0, 0.05) is 54.0 Å². The van der Waals surface area contributed by atoms with Gasteiger partial charge in [0.1, 0.15) is 11.5 Å². The summed E-state index contributed by atoms with van der Waals surface area (Å²) in [4.78, 5) is 23.3.